The number of carbonyl (C=O) groups excluding carboxylic acids is 2. The number of hydrogen-bond donors (Lipinski definition) is 2. The van der Waals surface area contributed by atoms with E-state index in [0.29, 0.717) is 17.0 Å². The van der Waals surface area contributed by atoms with Gasteiger partial charge in [0.15, 0.2) is 0 Å². The highest BCUT2D eigenvalue weighted by molar-refractivity contribution is 5.93. The molecule has 33 heavy (non-hydrogen) atoms. The molecule has 2 amide bonds. The molecular formula is C25H25N5O3. The van der Waals surface area contributed by atoms with E-state index in [1.54, 1.807) is 28.9 Å². The van der Waals surface area contributed by atoms with Crippen molar-refractivity contribution in [2.75, 3.05) is 10.6 Å². The molecule has 0 fully saturated rings. The first-order chi connectivity index (χ1) is 15.7. The molecule has 0 saturated carbocycles. The highest BCUT2D eigenvalue weighted by Crippen LogP contribution is 2.24. The molecule has 0 aliphatic heterocycles. The Morgan fingerprint density at radius 2 is 1.52 bits per heavy atom. The van der Waals surface area contributed by atoms with Crippen LogP contribution in [0.4, 0.5) is 11.4 Å². The van der Waals surface area contributed by atoms with Crippen LogP contribution >= 0.6 is 0 Å². The van der Waals surface area contributed by atoms with Gasteiger partial charge in [0.1, 0.15) is 12.2 Å². The number of amides is 2. The quantitative estimate of drug-likeness (QED) is 0.491. The molecule has 8 nitrogen and oxygen atoms in total. The summed E-state index contributed by atoms with van der Waals surface area (Å²) in [6.07, 6.45) is 0. The molecule has 2 N–H and O–H groups in total. The first-order valence-corrected chi connectivity index (χ1v) is 10.6. The number of benzene rings is 2. The minimum Gasteiger partial charge on any atom is -0.326 e. The first kappa shape index (κ1) is 22.0. The van der Waals surface area contributed by atoms with Crippen molar-refractivity contribution >= 4 is 34.2 Å². The molecule has 2 heterocycles. The SMILES string of the molecule is CC(=O)Nc1ccc(NC(=O)Cn2c(=O)cc(C)c3c(C)nn(-c4ccc(C)cc4)c32)cc1. The maximum absolute atomic E-state index is 12.9. The molecule has 2 aromatic carbocycles. The molecule has 8 heteroatoms. The minimum atomic E-state index is -0.344. The predicted molar refractivity (Wildman–Crippen MR) is 129 cm³/mol. The zero-order chi connectivity index (χ0) is 23.7. The fraction of sp³-hybridized carbons (Fsp3) is 0.200. The van der Waals surface area contributed by atoms with Crippen LogP contribution < -0.4 is 16.2 Å². The number of carbonyl (C=O) groups is 2. The van der Waals surface area contributed by atoms with Crippen LogP contribution in [0.15, 0.2) is 59.4 Å². The van der Waals surface area contributed by atoms with E-state index in [0.717, 1.165) is 27.9 Å². The Morgan fingerprint density at radius 1 is 0.909 bits per heavy atom. The molecule has 0 atom stereocenters. The number of aromatic nitrogens is 3. The molecular weight excluding hydrogens is 418 g/mol. The number of anilines is 2. The zero-order valence-corrected chi connectivity index (χ0v) is 19.0. The standard InChI is InChI=1S/C25H25N5O3/c1-15-5-11-21(12-6-15)30-25-24(17(3)28-30)16(2)13-23(33)29(25)14-22(32)27-20-9-7-19(8-10-20)26-18(4)31/h5-13H,14H2,1-4H3,(H,26,31)(H,27,32). The molecule has 0 aliphatic rings. The molecule has 0 spiro atoms. The predicted octanol–water partition coefficient (Wildman–Crippen LogP) is 3.71. The average Bonchev–Trinajstić information content (AvgIpc) is 3.10. The summed E-state index contributed by atoms with van der Waals surface area (Å²) in [5, 5.41) is 11.0. The molecule has 0 aliphatic carbocycles. The van der Waals surface area contributed by atoms with Gasteiger partial charge in [0.05, 0.1) is 11.4 Å². The number of aryl methyl sites for hydroxylation is 3. The van der Waals surface area contributed by atoms with Crippen molar-refractivity contribution in [3.63, 3.8) is 0 Å². The van der Waals surface area contributed by atoms with Crippen molar-refractivity contribution in [3.05, 3.63) is 81.8 Å². The molecule has 0 unspecified atom stereocenters. The summed E-state index contributed by atoms with van der Waals surface area (Å²) in [5.74, 6) is -0.515. The Labute approximate surface area is 190 Å². The number of nitrogens with zero attached hydrogens (tertiary/aromatic N) is 3. The van der Waals surface area contributed by atoms with E-state index in [4.69, 9.17) is 0 Å². The van der Waals surface area contributed by atoms with Crippen LogP contribution in [0.1, 0.15) is 23.7 Å². The average molecular weight is 444 g/mol. The number of hydrogen-bond acceptors (Lipinski definition) is 4. The van der Waals surface area contributed by atoms with Gasteiger partial charge in [0, 0.05) is 29.8 Å². The lowest BCUT2D eigenvalue weighted by Gasteiger charge is -2.13. The molecule has 4 rings (SSSR count). The van der Waals surface area contributed by atoms with Gasteiger partial charge in [-0.2, -0.15) is 5.10 Å². The van der Waals surface area contributed by atoms with Gasteiger partial charge in [-0.15, -0.1) is 0 Å². The Kier molecular flexibility index (Phi) is 5.83. The number of rotatable bonds is 5. The monoisotopic (exact) mass is 443 g/mol. The van der Waals surface area contributed by atoms with Gasteiger partial charge in [-0.3, -0.25) is 19.0 Å². The van der Waals surface area contributed by atoms with Crippen molar-refractivity contribution in [3.8, 4) is 5.69 Å². The van der Waals surface area contributed by atoms with Crippen molar-refractivity contribution in [1.82, 2.24) is 14.3 Å². The Balaban J connectivity index is 1.70. The summed E-state index contributed by atoms with van der Waals surface area (Å²) < 4.78 is 3.16. The largest absolute Gasteiger partial charge is 0.326 e. The second-order valence-corrected chi connectivity index (χ2v) is 8.09. The number of fused-ring (bicyclic) bond motifs is 1. The van der Waals surface area contributed by atoms with Crippen LogP contribution in [0.2, 0.25) is 0 Å². The van der Waals surface area contributed by atoms with Gasteiger partial charge in [-0.25, -0.2) is 4.68 Å². The molecule has 168 valence electrons. The van der Waals surface area contributed by atoms with E-state index in [1.807, 2.05) is 45.0 Å². The molecule has 0 radical (unpaired) electrons. The van der Waals surface area contributed by atoms with Crippen LogP contribution in [0.5, 0.6) is 0 Å². The van der Waals surface area contributed by atoms with Crippen molar-refractivity contribution < 1.29 is 9.59 Å². The maximum atomic E-state index is 12.9. The fourth-order valence-corrected chi connectivity index (χ4v) is 3.87. The second-order valence-electron chi connectivity index (χ2n) is 8.09. The lowest BCUT2D eigenvalue weighted by atomic mass is 10.1. The van der Waals surface area contributed by atoms with E-state index in [2.05, 4.69) is 15.7 Å². The maximum Gasteiger partial charge on any atom is 0.252 e. The topological polar surface area (TPSA) is 98.0 Å². The van der Waals surface area contributed by atoms with Crippen LogP contribution in [-0.2, 0) is 16.1 Å². The summed E-state index contributed by atoms with van der Waals surface area (Å²) in [5.41, 5.74) is 5.03. The van der Waals surface area contributed by atoms with Crippen molar-refractivity contribution in [2.24, 2.45) is 0 Å². The summed E-state index contributed by atoms with van der Waals surface area (Å²) in [7, 11) is 0. The molecule has 4 aromatic rings. The van der Waals surface area contributed by atoms with Crippen molar-refractivity contribution in [1.29, 1.82) is 0 Å². The van der Waals surface area contributed by atoms with Crippen molar-refractivity contribution in [2.45, 2.75) is 34.2 Å². The summed E-state index contributed by atoms with van der Waals surface area (Å²) in [6, 6.07) is 16.2. The van der Waals surface area contributed by atoms with Crippen LogP contribution in [-0.4, -0.2) is 26.2 Å². The second kappa shape index (κ2) is 8.74. The van der Waals surface area contributed by atoms with Gasteiger partial charge in [-0.1, -0.05) is 17.7 Å². The smallest absolute Gasteiger partial charge is 0.252 e. The molecule has 0 bridgehead atoms. The third-order valence-corrected chi connectivity index (χ3v) is 5.36. The van der Waals surface area contributed by atoms with Crippen LogP contribution in [0, 0.1) is 20.8 Å². The highest BCUT2D eigenvalue weighted by Gasteiger charge is 2.18. The number of nitrogens with one attached hydrogen (secondary N) is 2. The highest BCUT2D eigenvalue weighted by atomic mass is 16.2. The third kappa shape index (κ3) is 4.55. The zero-order valence-electron chi connectivity index (χ0n) is 19.0. The normalized spacial score (nSPS) is 10.9. The fourth-order valence-electron chi connectivity index (χ4n) is 3.87. The van der Waals surface area contributed by atoms with Crippen LogP contribution in [0.25, 0.3) is 16.7 Å². The first-order valence-electron chi connectivity index (χ1n) is 10.6. The Morgan fingerprint density at radius 3 is 2.12 bits per heavy atom. The van der Waals surface area contributed by atoms with E-state index in [-0.39, 0.29) is 23.9 Å². The summed E-state index contributed by atoms with van der Waals surface area (Å²) in [6.45, 7) is 7.03. The van der Waals surface area contributed by atoms with Gasteiger partial charge < -0.3 is 10.6 Å². The van der Waals surface area contributed by atoms with E-state index in [9.17, 15) is 14.4 Å². The van der Waals surface area contributed by atoms with Crippen LogP contribution in [0.3, 0.4) is 0 Å². The lowest BCUT2D eigenvalue weighted by Crippen LogP contribution is -2.29. The minimum absolute atomic E-state index is 0.167. The van der Waals surface area contributed by atoms with E-state index in [1.165, 1.54) is 17.6 Å². The van der Waals surface area contributed by atoms with Gasteiger partial charge in [0.2, 0.25) is 11.8 Å². The third-order valence-electron chi connectivity index (χ3n) is 5.36. The van der Waals surface area contributed by atoms with Gasteiger partial charge >= 0.3 is 0 Å². The van der Waals surface area contributed by atoms with Gasteiger partial charge in [0.25, 0.3) is 5.56 Å². The Hall–Kier alpha value is -4.20. The van der Waals surface area contributed by atoms with E-state index < -0.39 is 0 Å². The number of pyridine rings is 1. The lowest BCUT2D eigenvalue weighted by molar-refractivity contribution is -0.117. The Bertz CT molecular complexity index is 1410. The summed E-state index contributed by atoms with van der Waals surface area (Å²) in [4.78, 5) is 37.0. The van der Waals surface area contributed by atoms with E-state index >= 15 is 0 Å². The molecule has 2 aromatic heterocycles. The van der Waals surface area contributed by atoms with Gasteiger partial charge in [-0.05, 0) is 62.7 Å². The molecule has 0 saturated heterocycles. The summed E-state index contributed by atoms with van der Waals surface area (Å²) >= 11 is 0.